The SMILES string of the molecule is Cc1ccc(NC2CC(C)OC(C)C2)cc1[N+](=O)[O-]. The van der Waals surface area contributed by atoms with Gasteiger partial charge in [-0.05, 0) is 39.7 Å². The Morgan fingerprint density at radius 2 is 1.95 bits per heavy atom. The molecule has 1 aromatic rings. The van der Waals surface area contributed by atoms with Crippen LogP contribution in [0.1, 0.15) is 32.3 Å². The number of rotatable bonds is 3. The van der Waals surface area contributed by atoms with Crippen LogP contribution in [-0.4, -0.2) is 23.2 Å². The Kier molecular flexibility index (Phi) is 4.04. The molecule has 1 aliphatic rings. The maximum Gasteiger partial charge on any atom is 0.274 e. The second-order valence-corrected chi connectivity index (χ2v) is 5.33. The highest BCUT2D eigenvalue weighted by molar-refractivity contribution is 5.55. The first-order chi connectivity index (χ1) is 8.95. The Morgan fingerprint density at radius 1 is 1.32 bits per heavy atom. The predicted molar refractivity (Wildman–Crippen MR) is 74.5 cm³/mol. The summed E-state index contributed by atoms with van der Waals surface area (Å²) in [7, 11) is 0. The molecule has 104 valence electrons. The van der Waals surface area contributed by atoms with E-state index in [2.05, 4.69) is 19.2 Å². The van der Waals surface area contributed by atoms with Crippen LogP contribution >= 0.6 is 0 Å². The molecule has 1 fully saturated rings. The van der Waals surface area contributed by atoms with E-state index in [1.807, 2.05) is 6.07 Å². The van der Waals surface area contributed by atoms with Gasteiger partial charge in [-0.1, -0.05) is 6.07 Å². The van der Waals surface area contributed by atoms with Crippen LogP contribution in [0.25, 0.3) is 0 Å². The third-order valence-electron chi connectivity index (χ3n) is 3.47. The van der Waals surface area contributed by atoms with Gasteiger partial charge >= 0.3 is 0 Å². The van der Waals surface area contributed by atoms with Gasteiger partial charge in [-0.25, -0.2) is 0 Å². The van der Waals surface area contributed by atoms with Gasteiger partial charge in [-0.3, -0.25) is 10.1 Å². The molecule has 0 aliphatic carbocycles. The Balaban J connectivity index is 2.10. The summed E-state index contributed by atoms with van der Waals surface area (Å²) in [4.78, 5) is 10.6. The van der Waals surface area contributed by atoms with E-state index >= 15 is 0 Å². The summed E-state index contributed by atoms with van der Waals surface area (Å²) in [6, 6.07) is 5.60. The van der Waals surface area contributed by atoms with Gasteiger partial charge in [-0.15, -0.1) is 0 Å². The molecule has 5 heteroatoms. The van der Waals surface area contributed by atoms with Gasteiger partial charge in [0.2, 0.25) is 0 Å². The minimum absolute atomic E-state index is 0.165. The lowest BCUT2D eigenvalue weighted by molar-refractivity contribution is -0.385. The minimum Gasteiger partial charge on any atom is -0.382 e. The Labute approximate surface area is 113 Å². The summed E-state index contributed by atoms with van der Waals surface area (Å²) in [6.45, 7) is 5.87. The lowest BCUT2D eigenvalue weighted by Gasteiger charge is -2.33. The molecule has 1 aliphatic heterocycles. The molecule has 0 radical (unpaired) electrons. The summed E-state index contributed by atoms with van der Waals surface area (Å²) in [5.41, 5.74) is 1.66. The van der Waals surface area contributed by atoms with E-state index in [0.29, 0.717) is 11.6 Å². The molecule has 0 aromatic heterocycles. The lowest BCUT2D eigenvalue weighted by atomic mass is 9.99. The molecule has 19 heavy (non-hydrogen) atoms. The molecule has 0 amide bonds. The van der Waals surface area contributed by atoms with E-state index in [-0.39, 0.29) is 22.8 Å². The zero-order valence-electron chi connectivity index (χ0n) is 11.6. The highest BCUT2D eigenvalue weighted by atomic mass is 16.6. The van der Waals surface area contributed by atoms with Crippen molar-refractivity contribution in [3.63, 3.8) is 0 Å². The van der Waals surface area contributed by atoms with E-state index in [9.17, 15) is 10.1 Å². The topological polar surface area (TPSA) is 64.4 Å². The van der Waals surface area contributed by atoms with E-state index in [0.717, 1.165) is 18.5 Å². The first-order valence-corrected chi connectivity index (χ1v) is 6.62. The van der Waals surface area contributed by atoms with Crippen molar-refractivity contribution in [1.29, 1.82) is 0 Å². The Morgan fingerprint density at radius 3 is 2.53 bits per heavy atom. The van der Waals surface area contributed by atoms with Crippen LogP contribution < -0.4 is 5.32 Å². The maximum absolute atomic E-state index is 10.9. The van der Waals surface area contributed by atoms with E-state index in [1.165, 1.54) is 0 Å². The Bertz CT molecular complexity index is 466. The molecule has 1 heterocycles. The lowest BCUT2D eigenvalue weighted by Crippen LogP contribution is -2.36. The van der Waals surface area contributed by atoms with Gasteiger partial charge in [0.05, 0.1) is 17.1 Å². The number of anilines is 1. The van der Waals surface area contributed by atoms with Gasteiger partial charge in [0.1, 0.15) is 0 Å². The number of aryl methyl sites for hydroxylation is 1. The molecular formula is C14H20N2O3. The van der Waals surface area contributed by atoms with Gasteiger partial charge in [0.25, 0.3) is 5.69 Å². The van der Waals surface area contributed by atoms with Crippen LogP contribution in [0.15, 0.2) is 18.2 Å². The third-order valence-corrected chi connectivity index (χ3v) is 3.47. The second kappa shape index (κ2) is 5.57. The minimum atomic E-state index is -0.338. The number of ether oxygens (including phenoxy) is 1. The van der Waals surface area contributed by atoms with E-state index in [1.54, 1.807) is 19.1 Å². The summed E-state index contributed by atoms with van der Waals surface area (Å²) >= 11 is 0. The molecule has 0 spiro atoms. The Hall–Kier alpha value is -1.62. The molecule has 2 atom stereocenters. The number of nitrogens with zero attached hydrogens (tertiary/aromatic N) is 1. The van der Waals surface area contributed by atoms with Crippen LogP contribution in [0.5, 0.6) is 0 Å². The molecule has 2 rings (SSSR count). The van der Waals surface area contributed by atoms with Crippen molar-refractivity contribution in [1.82, 2.24) is 0 Å². The number of hydrogen-bond acceptors (Lipinski definition) is 4. The number of nitro groups is 1. The molecular weight excluding hydrogens is 244 g/mol. The van der Waals surface area contributed by atoms with Crippen molar-refractivity contribution in [3.8, 4) is 0 Å². The van der Waals surface area contributed by atoms with Crippen LogP contribution in [0.3, 0.4) is 0 Å². The van der Waals surface area contributed by atoms with Crippen LogP contribution in [-0.2, 0) is 4.74 Å². The maximum atomic E-state index is 10.9. The van der Waals surface area contributed by atoms with Gasteiger partial charge in [-0.2, -0.15) is 0 Å². The molecule has 2 unspecified atom stereocenters. The summed E-state index contributed by atoms with van der Waals surface area (Å²) in [6.07, 6.45) is 2.29. The molecule has 1 N–H and O–H groups in total. The van der Waals surface area contributed by atoms with Crippen molar-refractivity contribution < 1.29 is 9.66 Å². The number of nitrogens with one attached hydrogen (secondary N) is 1. The summed E-state index contributed by atoms with van der Waals surface area (Å²) < 4.78 is 5.69. The smallest absolute Gasteiger partial charge is 0.274 e. The highest BCUT2D eigenvalue weighted by Crippen LogP contribution is 2.26. The fourth-order valence-corrected chi connectivity index (χ4v) is 2.65. The largest absolute Gasteiger partial charge is 0.382 e. The third kappa shape index (κ3) is 3.44. The van der Waals surface area contributed by atoms with Crippen molar-refractivity contribution in [2.24, 2.45) is 0 Å². The predicted octanol–water partition coefficient (Wildman–Crippen LogP) is 3.27. The summed E-state index contributed by atoms with van der Waals surface area (Å²) in [5, 5.41) is 14.3. The number of hydrogen-bond donors (Lipinski definition) is 1. The normalized spacial score (nSPS) is 27.0. The highest BCUT2D eigenvalue weighted by Gasteiger charge is 2.24. The van der Waals surface area contributed by atoms with Crippen molar-refractivity contribution >= 4 is 11.4 Å². The fraction of sp³-hybridized carbons (Fsp3) is 0.571. The van der Waals surface area contributed by atoms with Crippen LogP contribution in [0, 0.1) is 17.0 Å². The summed E-state index contributed by atoms with van der Waals surface area (Å²) in [5.74, 6) is 0. The standard InChI is InChI=1S/C14H20N2O3/c1-9-4-5-12(8-14(9)16(17)18)15-13-6-10(2)19-11(3)7-13/h4-5,8,10-11,13,15H,6-7H2,1-3H3. The van der Waals surface area contributed by atoms with Crippen molar-refractivity contribution in [2.75, 3.05) is 5.32 Å². The monoisotopic (exact) mass is 264 g/mol. The van der Waals surface area contributed by atoms with Crippen molar-refractivity contribution in [2.45, 2.75) is 51.9 Å². The first-order valence-electron chi connectivity index (χ1n) is 6.62. The molecule has 1 aromatic carbocycles. The molecule has 5 nitrogen and oxygen atoms in total. The molecule has 1 saturated heterocycles. The van der Waals surface area contributed by atoms with Gasteiger partial charge in [0, 0.05) is 23.4 Å². The number of nitro benzene ring substituents is 1. The van der Waals surface area contributed by atoms with Crippen LogP contribution in [0.2, 0.25) is 0 Å². The molecule has 0 saturated carbocycles. The van der Waals surface area contributed by atoms with Crippen LogP contribution in [0.4, 0.5) is 11.4 Å². The number of benzene rings is 1. The fourth-order valence-electron chi connectivity index (χ4n) is 2.65. The molecule has 0 bridgehead atoms. The zero-order chi connectivity index (χ0) is 14.0. The van der Waals surface area contributed by atoms with Gasteiger partial charge in [0.15, 0.2) is 0 Å². The zero-order valence-corrected chi connectivity index (χ0v) is 11.6. The van der Waals surface area contributed by atoms with E-state index < -0.39 is 0 Å². The van der Waals surface area contributed by atoms with Gasteiger partial charge < -0.3 is 10.1 Å². The second-order valence-electron chi connectivity index (χ2n) is 5.33. The van der Waals surface area contributed by atoms with E-state index in [4.69, 9.17) is 4.74 Å². The average Bonchev–Trinajstić information content (AvgIpc) is 2.30. The average molecular weight is 264 g/mol. The quantitative estimate of drug-likeness (QED) is 0.672. The van der Waals surface area contributed by atoms with Crippen molar-refractivity contribution in [3.05, 3.63) is 33.9 Å². The first kappa shape index (κ1) is 13.8.